The molecule has 0 bridgehead atoms. The molecule has 0 saturated carbocycles. The molecule has 0 unspecified atom stereocenters. The van der Waals surface area contributed by atoms with Gasteiger partial charge in [0.2, 0.25) is 11.8 Å². The van der Waals surface area contributed by atoms with Gasteiger partial charge in [0.05, 0.1) is 0 Å². The van der Waals surface area contributed by atoms with Crippen molar-refractivity contribution < 1.29 is 29.0 Å². The topological polar surface area (TPSA) is 137 Å². The van der Waals surface area contributed by atoms with Crippen LogP contribution in [0.25, 0.3) is 0 Å². The standard InChI is InChI=1S/C30H42N4O6/c1-29(2,3)34(28(38)39)24(20-22-15-11-8-12-16-22)26(36)32-18-17-31-25(35)23(19-21-13-9-7-10-14-21)33-27(37)40-30(4,5)6/h7-16,23-24H,17-20H2,1-6H3,(H,31,35)(H,32,36)(H,33,37)(H,38,39)/t23-,24-/m0/s1. The van der Waals surface area contributed by atoms with Crippen LogP contribution in [0.1, 0.15) is 52.7 Å². The van der Waals surface area contributed by atoms with E-state index in [0.717, 1.165) is 16.0 Å². The van der Waals surface area contributed by atoms with Crippen LogP contribution in [0, 0.1) is 0 Å². The van der Waals surface area contributed by atoms with Crippen LogP contribution in [0.5, 0.6) is 0 Å². The smallest absolute Gasteiger partial charge is 0.408 e. The summed E-state index contributed by atoms with van der Waals surface area (Å²) in [6, 6.07) is 16.6. The van der Waals surface area contributed by atoms with E-state index in [1.54, 1.807) is 41.5 Å². The molecular weight excluding hydrogens is 512 g/mol. The predicted molar refractivity (Wildman–Crippen MR) is 153 cm³/mol. The van der Waals surface area contributed by atoms with E-state index >= 15 is 0 Å². The Labute approximate surface area is 236 Å². The number of carbonyl (C=O) groups is 4. The number of amides is 4. The van der Waals surface area contributed by atoms with E-state index in [2.05, 4.69) is 16.0 Å². The Kier molecular flexibility index (Phi) is 11.5. The molecule has 0 aliphatic carbocycles. The Morgan fingerprint density at radius 2 is 1.25 bits per heavy atom. The van der Waals surface area contributed by atoms with Crippen molar-refractivity contribution in [2.24, 2.45) is 0 Å². The van der Waals surface area contributed by atoms with Crippen LogP contribution < -0.4 is 16.0 Å². The van der Waals surface area contributed by atoms with E-state index in [1.807, 2.05) is 60.7 Å². The fourth-order valence-electron chi connectivity index (χ4n) is 4.15. The number of hydrogen-bond donors (Lipinski definition) is 4. The summed E-state index contributed by atoms with van der Waals surface area (Å²) in [4.78, 5) is 51.9. The van der Waals surface area contributed by atoms with Crippen LogP contribution in [0.15, 0.2) is 60.7 Å². The molecule has 2 aromatic carbocycles. The van der Waals surface area contributed by atoms with Crippen LogP contribution in [0.4, 0.5) is 9.59 Å². The van der Waals surface area contributed by atoms with E-state index < -0.39 is 47.2 Å². The van der Waals surface area contributed by atoms with Gasteiger partial charge in [0.25, 0.3) is 0 Å². The number of alkyl carbamates (subject to hydrolysis) is 1. The largest absolute Gasteiger partial charge is 0.465 e. The number of nitrogens with zero attached hydrogens (tertiary/aromatic N) is 1. The van der Waals surface area contributed by atoms with Gasteiger partial charge in [-0.1, -0.05) is 60.7 Å². The minimum absolute atomic E-state index is 0.0674. The first-order valence-electron chi connectivity index (χ1n) is 13.3. The second kappa shape index (κ2) is 14.3. The van der Waals surface area contributed by atoms with Gasteiger partial charge in [-0.15, -0.1) is 0 Å². The lowest BCUT2D eigenvalue weighted by Crippen LogP contribution is -2.58. The molecule has 0 aliphatic heterocycles. The molecule has 0 saturated heterocycles. The average Bonchev–Trinajstić information content (AvgIpc) is 2.84. The number of nitrogens with one attached hydrogen (secondary N) is 3. The molecule has 0 heterocycles. The Morgan fingerprint density at radius 3 is 1.70 bits per heavy atom. The summed E-state index contributed by atoms with van der Waals surface area (Å²) in [7, 11) is 0. The van der Waals surface area contributed by atoms with Crippen LogP contribution in [-0.4, -0.2) is 70.3 Å². The maximum atomic E-state index is 13.2. The molecule has 2 atom stereocenters. The minimum Gasteiger partial charge on any atom is -0.465 e. The second-order valence-electron chi connectivity index (χ2n) is 11.5. The van der Waals surface area contributed by atoms with Gasteiger partial charge in [-0.3, -0.25) is 14.5 Å². The van der Waals surface area contributed by atoms with Crippen LogP contribution in [0.3, 0.4) is 0 Å². The van der Waals surface area contributed by atoms with E-state index in [9.17, 15) is 24.3 Å². The van der Waals surface area contributed by atoms with Gasteiger partial charge in [0.15, 0.2) is 0 Å². The summed E-state index contributed by atoms with van der Waals surface area (Å²) in [5.74, 6) is -0.908. The number of rotatable bonds is 11. The van der Waals surface area contributed by atoms with Gasteiger partial charge >= 0.3 is 12.2 Å². The zero-order valence-electron chi connectivity index (χ0n) is 24.2. The second-order valence-corrected chi connectivity index (χ2v) is 11.5. The molecule has 218 valence electrons. The molecule has 10 heteroatoms. The van der Waals surface area contributed by atoms with E-state index in [0.29, 0.717) is 0 Å². The lowest BCUT2D eigenvalue weighted by molar-refractivity contribution is -0.128. The number of carbonyl (C=O) groups excluding carboxylic acids is 3. The van der Waals surface area contributed by atoms with Crippen molar-refractivity contribution in [2.75, 3.05) is 13.1 Å². The Balaban J connectivity index is 2.06. The lowest BCUT2D eigenvalue weighted by Gasteiger charge is -2.39. The lowest BCUT2D eigenvalue weighted by atomic mass is 9.98. The van der Waals surface area contributed by atoms with Crippen LogP contribution in [0.2, 0.25) is 0 Å². The maximum absolute atomic E-state index is 13.2. The van der Waals surface area contributed by atoms with Crippen LogP contribution >= 0.6 is 0 Å². The quantitative estimate of drug-likeness (QED) is 0.312. The molecule has 0 aliphatic rings. The molecule has 4 N–H and O–H groups in total. The van der Waals surface area contributed by atoms with Gasteiger partial charge in [-0.05, 0) is 52.7 Å². The van der Waals surface area contributed by atoms with Crippen molar-refractivity contribution in [3.05, 3.63) is 71.8 Å². The Bertz CT molecular complexity index is 1130. The molecule has 0 aromatic heterocycles. The number of benzene rings is 2. The van der Waals surface area contributed by atoms with Gasteiger partial charge in [0, 0.05) is 31.5 Å². The minimum atomic E-state index is -1.20. The monoisotopic (exact) mass is 554 g/mol. The highest BCUT2D eigenvalue weighted by Gasteiger charge is 2.37. The van der Waals surface area contributed by atoms with Gasteiger partial charge in [0.1, 0.15) is 17.7 Å². The summed E-state index contributed by atoms with van der Waals surface area (Å²) in [6.07, 6.45) is -1.47. The van der Waals surface area contributed by atoms with Crippen molar-refractivity contribution in [3.63, 3.8) is 0 Å². The number of carboxylic acid groups (broad SMARTS) is 1. The Hall–Kier alpha value is -4.08. The highest BCUT2D eigenvalue weighted by Crippen LogP contribution is 2.21. The summed E-state index contributed by atoms with van der Waals surface area (Å²) in [6.45, 7) is 10.5. The van der Waals surface area contributed by atoms with Gasteiger partial charge < -0.3 is 25.8 Å². The normalized spacial score (nSPS) is 12.9. The number of hydrogen-bond acceptors (Lipinski definition) is 5. The average molecular weight is 555 g/mol. The third-order valence-electron chi connectivity index (χ3n) is 5.83. The van der Waals surface area contributed by atoms with E-state index in [1.165, 1.54) is 0 Å². The van der Waals surface area contributed by atoms with E-state index in [4.69, 9.17) is 4.74 Å². The zero-order valence-corrected chi connectivity index (χ0v) is 24.2. The Morgan fingerprint density at radius 1 is 0.775 bits per heavy atom. The van der Waals surface area contributed by atoms with Crippen molar-refractivity contribution in [1.82, 2.24) is 20.9 Å². The van der Waals surface area contributed by atoms with Crippen LogP contribution in [-0.2, 0) is 27.2 Å². The SMILES string of the molecule is CC(C)(C)OC(=O)N[C@@H](Cc1ccccc1)C(=O)NCCNC(=O)[C@H](Cc1ccccc1)N(C(=O)O)C(C)(C)C. The predicted octanol–water partition coefficient (Wildman–Crippen LogP) is 3.74. The fraction of sp³-hybridized carbons (Fsp3) is 0.467. The first-order valence-corrected chi connectivity index (χ1v) is 13.3. The summed E-state index contributed by atoms with van der Waals surface area (Å²) >= 11 is 0. The van der Waals surface area contributed by atoms with Crippen molar-refractivity contribution in [1.29, 1.82) is 0 Å². The molecule has 0 spiro atoms. The molecule has 0 radical (unpaired) electrons. The van der Waals surface area contributed by atoms with Crippen molar-refractivity contribution >= 4 is 24.0 Å². The van der Waals surface area contributed by atoms with E-state index in [-0.39, 0.29) is 25.9 Å². The molecule has 2 aromatic rings. The van der Waals surface area contributed by atoms with Gasteiger partial charge in [-0.2, -0.15) is 0 Å². The molecule has 4 amide bonds. The first-order chi connectivity index (χ1) is 18.7. The fourth-order valence-corrected chi connectivity index (χ4v) is 4.15. The summed E-state index contributed by atoms with van der Waals surface area (Å²) in [5, 5.41) is 18.0. The molecular formula is C30H42N4O6. The first kappa shape index (κ1) is 32.1. The van der Waals surface area contributed by atoms with Gasteiger partial charge in [-0.25, -0.2) is 9.59 Å². The molecule has 0 fully saturated rings. The highest BCUT2D eigenvalue weighted by atomic mass is 16.6. The summed E-state index contributed by atoms with van der Waals surface area (Å²) in [5.41, 5.74) is 0.125. The van der Waals surface area contributed by atoms with Crippen molar-refractivity contribution in [2.45, 2.75) is 77.6 Å². The van der Waals surface area contributed by atoms with Crippen molar-refractivity contribution in [3.8, 4) is 0 Å². The number of ether oxygens (including phenoxy) is 1. The zero-order chi connectivity index (χ0) is 29.9. The maximum Gasteiger partial charge on any atom is 0.408 e. The molecule has 10 nitrogen and oxygen atoms in total. The third-order valence-corrected chi connectivity index (χ3v) is 5.83. The molecule has 2 rings (SSSR count). The third kappa shape index (κ3) is 11.0. The highest BCUT2D eigenvalue weighted by molar-refractivity contribution is 5.87. The molecule has 40 heavy (non-hydrogen) atoms. The summed E-state index contributed by atoms with van der Waals surface area (Å²) < 4.78 is 5.32.